The molecule has 26 heavy (non-hydrogen) atoms. The van der Waals surface area contributed by atoms with Crippen LogP contribution in [0.1, 0.15) is 18.1 Å². The number of nitrogens with one attached hydrogen (secondary N) is 2. The molecule has 0 bridgehead atoms. The van der Waals surface area contributed by atoms with Gasteiger partial charge < -0.3 is 20.3 Å². The van der Waals surface area contributed by atoms with Gasteiger partial charge in [-0.1, -0.05) is 30.3 Å². The molecule has 5 heteroatoms. The van der Waals surface area contributed by atoms with E-state index in [-0.39, 0.29) is 0 Å². The highest BCUT2D eigenvalue weighted by molar-refractivity contribution is 5.97. The zero-order valence-electron chi connectivity index (χ0n) is 15.7. The number of nitrogens with zero attached hydrogens (tertiary/aromatic N) is 2. The SMILES string of the molecule is CCNC(=NCc1ccc(NCCOC)cc1)N1CCc2ccccc21. The van der Waals surface area contributed by atoms with Crippen molar-refractivity contribution in [1.82, 2.24) is 5.32 Å². The fraction of sp³-hybridized carbons (Fsp3) is 0.381. The van der Waals surface area contributed by atoms with Crippen LogP contribution in [0.3, 0.4) is 0 Å². The van der Waals surface area contributed by atoms with Gasteiger partial charge in [0.1, 0.15) is 0 Å². The highest BCUT2D eigenvalue weighted by Crippen LogP contribution is 2.27. The van der Waals surface area contributed by atoms with Crippen LogP contribution in [0, 0.1) is 0 Å². The van der Waals surface area contributed by atoms with Crippen molar-refractivity contribution in [3.8, 4) is 0 Å². The Hall–Kier alpha value is -2.53. The van der Waals surface area contributed by atoms with Gasteiger partial charge in [0.15, 0.2) is 5.96 Å². The first-order chi connectivity index (χ1) is 12.8. The Bertz CT molecular complexity index is 727. The van der Waals surface area contributed by atoms with Gasteiger partial charge in [0.2, 0.25) is 0 Å². The van der Waals surface area contributed by atoms with Gasteiger partial charge in [0, 0.05) is 38.1 Å². The molecule has 3 rings (SSSR count). The van der Waals surface area contributed by atoms with Gasteiger partial charge in [-0.05, 0) is 42.7 Å². The summed E-state index contributed by atoms with van der Waals surface area (Å²) in [6, 6.07) is 17.0. The Morgan fingerprint density at radius 3 is 2.73 bits per heavy atom. The van der Waals surface area contributed by atoms with Crippen LogP contribution < -0.4 is 15.5 Å². The minimum Gasteiger partial charge on any atom is -0.383 e. The van der Waals surface area contributed by atoms with Gasteiger partial charge in [0.25, 0.3) is 0 Å². The van der Waals surface area contributed by atoms with Crippen molar-refractivity contribution >= 4 is 17.3 Å². The van der Waals surface area contributed by atoms with Gasteiger partial charge in [-0.2, -0.15) is 0 Å². The largest absolute Gasteiger partial charge is 0.383 e. The molecular weight excluding hydrogens is 324 g/mol. The first-order valence-corrected chi connectivity index (χ1v) is 9.27. The van der Waals surface area contributed by atoms with Gasteiger partial charge in [-0.3, -0.25) is 0 Å². The number of aliphatic imine (C=N–C) groups is 1. The normalized spacial score (nSPS) is 13.6. The predicted octanol–water partition coefficient (Wildman–Crippen LogP) is 3.27. The molecular formula is C21H28N4O. The van der Waals surface area contributed by atoms with Crippen LogP contribution >= 0.6 is 0 Å². The molecule has 0 unspecified atom stereocenters. The maximum atomic E-state index is 5.06. The first kappa shape index (κ1) is 18.3. The summed E-state index contributed by atoms with van der Waals surface area (Å²) in [5.41, 5.74) is 4.97. The molecule has 1 heterocycles. The highest BCUT2D eigenvalue weighted by Gasteiger charge is 2.22. The zero-order chi connectivity index (χ0) is 18.2. The highest BCUT2D eigenvalue weighted by atomic mass is 16.5. The summed E-state index contributed by atoms with van der Waals surface area (Å²) in [4.78, 5) is 7.15. The monoisotopic (exact) mass is 352 g/mol. The summed E-state index contributed by atoms with van der Waals surface area (Å²) in [6.07, 6.45) is 1.07. The molecule has 0 atom stereocenters. The second-order valence-corrected chi connectivity index (χ2v) is 6.32. The van der Waals surface area contributed by atoms with E-state index in [4.69, 9.17) is 9.73 Å². The van der Waals surface area contributed by atoms with E-state index >= 15 is 0 Å². The van der Waals surface area contributed by atoms with E-state index in [1.807, 2.05) is 0 Å². The number of fused-ring (bicyclic) bond motifs is 1. The molecule has 0 saturated heterocycles. The lowest BCUT2D eigenvalue weighted by molar-refractivity contribution is 0.211. The van der Waals surface area contributed by atoms with Gasteiger partial charge in [-0.25, -0.2) is 4.99 Å². The van der Waals surface area contributed by atoms with E-state index in [0.717, 1.165) is 37.7 Å². The molecule has 0 spiro atoms. The lowest BCUT2D eigenvalue weighted by atomic mass is 10.2. The van der Waals surface area contributed by atoms with Crippen molar-refractivity contribution in [2.24, 2.45) is 4.99 Å². The topological polar surface area (TPSA) is 48.9 Å². The summed E-state index contributed by atoms with van der Waals surface area (Å²) in [5.74, 6) is 0.958. The van der Waals surface area contributed by atoms with E-state index in [0.29, 0.717) is 13.2 Å². The van der Waals surface area contributed by atoms with Crippen LogP contribution in [-0.2, 0) is 17.7 Å². The summed E-state index contributed by atoms with van der Waals surface area (Å²) in [7, 11) is 1.71. The maximum absolute atomic E-state index is 5.06. The van der Waals surface area contributed by atoms with E-state index in [1.54, 1.807) is 7.11 Å². The van der Waals surface area contributed by atoms with E-state index in [1.165, 1.54) is 16.8 Å². The van der Waals surface area contributed by atoms with Crippen molar-refractivity contribution < 1.29 is 4.74 Å². The molecule has 138 valence electrons. The van der Waals surface area contributed by atoms with Crippen molar-refractivity contribution in [1.29, 1.82) is 0 Å². The minimum atomic E-state index is 0.666. The first-order valence-electron chi connectivity index (χ1n) is 9.27. The summed E-state index contributed by atoms with van der Waals surface area (Å²) in [5, 5.41) is 6.76. The van der Waals surface area contributed by atoms with Crippen molar-refractivity contribution in [3.63, 3.8) is 0 Å². The predicted molar refractivity (Wildman–Crippen MR) is 109 cm³/mol. The fourth-order valence-corrected chi connectivity index (χ4v) is 3.14. The molecule has 2 aromatic rings. The van der Waals surface area contributed by atoms with Crippen LogP contribution in [0.4, 0.5) is 11.4 Å². The molecule has 1 aliphatic heterocycles. The van der Waals surface area contributed by atoms with Crippen molar-refractivity contribution in [2.75, 3.05) is 43.6 Å². The molecule has 2 aromatic carbocycles. The average molecular weight is 352 g/mol. The zero-order valence-corrected chi connectivity index (χ0v) is 15.7. The van der Waals surface area contributed by atoms with E-state index < -0.39 is 0 Å². The molecule has 5 nitrogen and oxygen atoms in total. The second-order valence-electron chi connectivity index (χ2n) is 6.32. The van der Waals surface area contributed by atoms with Crippen LogP contribution in [0.25, 0.3) is 0 Å². The third kappa shape index (κ3) is 4.55. The van der Waals surface area contributed by atoms with E-state index in [9.17, 15) is 0 Å². The van der Waals surface area contributed by atoms with Crippen LogP contribution in [0.2, 0.25) is 0 Å². The quantitative estimate of drug-likeness (QED) is 0.456. The molecule has 0 aromatic heterocycles. The molecule has 0 fully saturated rings. The number of ether oxygens (including phenoxy) is 1. The molecule has 1 aliphatic rings. The molecule has 0 radical (unpaired) electrons. The smallest absolute Gasteiger partial charge is 0.198 e. The standard InChI is InChI=1S/C21H28N4O/c1-3-22-21(25-14-12-18-6-4-5-7-20(18)25)24-16-17-8-10-19(11-9-17)23-13-15-26-2/h4-11,23H,3,12-16H2,1-2H3,(H,22,24). The van der Waals surface area contributed by atoms with Gasteiger partial charge in [-0.15, -0.1) is 0 Å². The summed E-state index contributed by atoms with van der Waals surface area (Å²) in [6.45, 7) is 6.13. The summed E-state index contributed by atoms with van der Waals surface area (Å²) >= 11 is 0. The number of rotatable bonds is 7. The number of guanidine groups is 1. The Balaban J connectivity index is 1.66. The molecule has 2 N–H and O–H groups in total. The number of anilines is 2. The van der Waals surface area contributed by atoms with E-state index in [2.05, 4.69) is 71.0 Å². The fourth-order valence-electron chi connectivity index (χ4n) is 3.14. The maximum Gasteiger partial charge on any atom is 0.198 e. The van der Waals surface area contributed by atoms with Crippen LogP contribution in [0.5, 0.6) is 0 Å². The number of methoxy groups -OCH3 is 1. The summed E-state index contributed by atoms with van der Waals surface area (Å²) < 4.78 is 5.06. The second kappa shape index (κ2) is 9.25. The Kier molecular flexibility index (Phi) is 6.50. The Morgan fingerprint density at radius 2 is 1.96 bits per heavy atom. The number of benzene rings is 2. The lowest BCUT2D eigenvalue weighted by Gasteiger charge is -2.22. The van der Waals surface area contributed by atoms with Crippen molar-refractivity contribution in [2.45, 2.75) is 19.9 Å². The molecule has 0 saturated carbocycles. The number of hydrogen-bond acceptors (Lipinski definition) is 3. The Labute approximate surface area is 156 Å². The molecule has 0 amide bonds. The number of hydrogen-bond donors (Lipinski definition) is 2. The third-order valence-electron chi connectivity index (χ3n) is 4.48. The van der Waals surface area contributed by atoms with Crippen molar-refractivity contribution in [3.05, 3.63) is 59.7 Å². The third-order valence-corrected chi connectivity index (χ3v) is 4.48. The van der Waals surface area contributed by atoms with Gasteiger partial charge in [0.05, 0.1) is 13.2 Å². The molecule has 0 aliphatic carbocycles. The average Bonchev–Trinajstić information content (AvgIpc) is 3.10. The van der Waals surface area contributed by atoms with Crippen LogP contribution in [-0.4, -0.2) is 39.3 Å². The lowest BCUT2D eigenvalue weighted by Crippen LogP contribution is -2.40. The van der Waals surface area contributed by atoms with Gasteiger partial charge >= 0.3 is 0 Å². The minimum absolute atomic E-state index is 0.666. The number of para-hydroxylation sites is 1. The Morgan fingerprint density at radius 1 is 1.15 bits per heavy atom. The van der Waals surface area contributed by atoms with Crippen LogP contribution in [0.15, 0.2) is 53.5 Å².